The van der Waals surface area contributed by atoms with Crippen molar-refractivity contribution in [2.75, 3.05) is 55.2 Å². The summed E-state index contributed by atoms with van der Waals surface area (Å²) in [5.41, 5.74) is 0. The third-order valence-corrected chi connectivity index (χ3v) is 3.33. The molecule has 20 heavy (non-hydrogen) atoms. The number of methoxy groups -OCH3 is 3. The Morgan fingerprint density at radius 2 is 1.90 bits per heavy atom. The minimum atomic E-state index is -0.517. The summed E-state index contributed by atoms with van der Waals surface area (Å²) in [6.45, 7) is 1.64. The van der Waals surface area contributed by atoms with Gasteiger partial charge in [-0.05, 0) is 14.1 Å². The largest absolute Gasteiger partial charge is 0.382 e. The van der Waals surface area contributed by atoms with Crippen molar-refractivity contribution in [1.29, 1.82) is 0 Å². The number of rotatable bonds is 9. The summed E-state index contributed by atoms with van der Waals surface area (Å²) in [6, 6.07) is -0.517. The molecule has 2 radical (unpaired) electrons. The number of nitrogens with zero attached hydrogens (tertiary/aromatic N) is 1. The zero-order chi connectivity index (χ0) is 15.1. The van der Waals surface area contributed by atoms with Crippen LogP contribution in [0.2, 0.25) is 0 Å². The first-order valence-electron chi connectivity index (χ1n) is 6.75. The van der Waals surface area contributed by atoms with Crippen LogP contribution in [0.3, 0.4) is 0 Å². The van der Waals surface area contributed by atoms with Crippen LogP contribution in [0, 0.1) is 0 Å². The van der Waals surface area contributed by atoms with Crippen molar-refractivity contribution in [3.63, 3.8) is 0 Å². The highest BCUT2D eigenvalue weighted by Crippen LogP contribution is 2.25. The average molecular weight is 287 g/mol. The summed E-state index contributed by atoms with van der Waals surface area (Å²) in [5.74, 6) is 0. The van der Waals surface area contributed by atoms with Crippen LogP contribution in [-0.2, 0) is 23.7 Å². The molecule has 1 rings (SSSR count). The van der Waals surface area contributed by atoms with E-state index < -0.39 is 6.00 Å². The molecule has 5 atom stereocenters. The summed E-state index contributed by atoms with van der Waals surface area (Å²) in [6.07, 6.45) is -0.780. The predicted octanol–water partition coefficient (Wildman–Crippen LogP) is -0.497. The van der Waals surface area contributed by atoms with Crippen molar-refractivity contribution in [3.05, 3.63) is 0 Å². The van der Waals surface area contributed by atoms with E-state index in [0.29, 0.717) is 13.2 Å². The first-order chi connectivity index (χ1) is 9.53. The highest BCUT2D eigenvalue weighted by molar-refractivity contribution is 6.11. The molecule has 0 N–H and O–H groups in total. The molecule has 0 bridgehead atoms. The van der Waals surface area contributed by atoms with E-state index in [2.05, 4.69) is 0 Å². The van der Waals surface area contributed by atoms with E-state index in [-0.39, 0.29) is 24.4 Å². The topological polar surface area (TPSA) is 49.4 Å². The zero-order valence-electron chi connectivity index (χ0n) is 13.1. The number of hydrogen-bond donors (Lipinski definition) is 0. The Balaban J connectivity index is 2.51. The van der Waals surface area contributed by atoms with Gasteiger partial charge >= 0.3 is 0 Å². The molecule has 1 unspecified atom stereocenters. The summed E-state index contributed by atoms with van der Waals surface area (Å²) in [5, 5.41) is 0. The molecule has 7 heteroatoms. The second-order valence-corrected chi connectivity index (χ2v) is 5.21. The van der Waals surface area contributed by atoms with Crippen molar-refractivity contribution in [1.82, 2.24) is 4.90 Å². The first-order valence-corrected chi connectivity index (χ1v) is 6.75. The third kappa shape index (κ3) is 4.98. The maximum Gasteiger partial charge on any atom is 0.113 e. The van der Waals surface area contributed by atoms with Crippen LogP contribution in [0.4, 0.5) is 0 Å². The summed E-state index contributed by atoms with van der Waals surface area (Å²) in [7, 11) is 14.9. The Labute approximate surface area is 123 Å². The molecule has 1 fully saturated rings. The summed E-state index contributed by atoms with van der Waals surface area (Å²) < 4.78 is 27.4. The Hall–Kier alpha value is -0.175. The highest BCUT2D eigenvalue weighted by atomic mass is 16.6. The fourth-order valence-electron chi connectivity index (χ4n) is 2.35. The molecule has 0 aromatic heterocycles. The normalized spacial score (nSPS) is 31.9. The maximum absolute atomic E-state index is 5.96. The van der Waals surface area contributed by atoms with Gasteiger partial charge < -0.3 is 28.6 Å². The van der Waals surface area contributed by atoms with Crippen LogP contribution in [0.1, 0.15) is 0 Å². The van der Waals surface area contributed by atoms with E-state index in [1.165, 1.54) is 0 Å². The van der Waals surface area contributed by atoms with Gasteiger partial charge in [0.25, 0.3) is 0 Å². The molecule has 1 heterocycles. The molecule has 0 spiro atoms. The van der Waals surface area contributed by atoms with E-state index in [1.807, 2.05) is 19.0 Å². The second-order valence-electron chi connectivity index (χ2n) is 5.21. The predicted molar refractivity (Wildman–Crippen MR) is 76.2 cm³/mol. The van der Waals surface area contributed by atoms with E-state index in [4.69, 9.17) is 31.5 Å². The van der Waals surface area contributed by atoms with Gasteiger partial charge in [0.05, 0.1) is 19.3 Å². The summed E-state index contributed by atoms with van der Waals surface area (Å²) in [4.78, 5) is 2.05. The lowest BCUT2D eigenvalue weighted by molar-refractivity contribution is -0.0818. The number of hydrogen-bond acceptors (Lipinski definition) is 6. The maximum atomic E-state index is 5.96. The van der Waals surface area contributed by atoms with Gasteiger partial charge in [-0.1, -0.05) is 0 Å². The fourth-order valence-corrected chi connectivity index (χ4v) is 2.35. The molecular formula is C13H26BNO5. The molecule has 0 aliphatic carbocycles. The first kappa shape index (κ1) is 17.9. The van der Waals surface area contributed by atoms with E-state index in [1.54, 1.807) is 21.3 Å². The lowest BCUT2D eigenvalue weighted by Crippen LogP contribution is -2.41. The van der Waals surface area contributed by atoms with Crippen LogP contribution < -0.4 is 0 Å². The molecule has 0 aromatic rings. The quantitative estimate of drug-likeness (QED) is 0.533. The van der Waals surface area contributed by atoms with Gasteiger partial charge in [-0.15, -0.1) is 0 Å². The molecule has 0 aromatic carbocycles. The van der Waals surface area contributed by atoms with Crippen LogP contribution in [-0.4, -0.2) is 98.3 Å². The SMILES string of the molecule is [B][C@@H]1O[C@H](COC)C(OC)[C@@H]1OC[C@@H](CN(C)C)OC. The van der Waals surface area contributed by atoms with Crippen molar-refractivity contribution in [3.8, 4) is 0 Å². The lowest BCUT2D eigenvalue weighted by Gasteiger charge is -2.26. The molecule has 1 saturated heterocycles. The minimum absolute atomic E-state index is 0.0174. The molecule has 1 aliphatic heterocycles. The van der Waals surface area contributed by atoms with Crippen LogP contribution in [0.15, 0.2) is 0 Å². The third-order valence-electron chi connectivity index (χ3n) is 3.33. The van der Waals surface area contributed by atoms with E-state index >= 15 is 0 Å². The summed E-state index contributed by atoms with van der Waals surface area (Å²) >= 11 is 0. The van der Waals surface area contributed by atoms with E-state index in [9.17, 15) is 0 Å². The Morgan fingerprint density at radius 3 is 2.40 bits per heavy atom. The Morgan fingerprint density at radius 1 is 1.20 bits per heavy atom. The van der Waals surface area contributed by atoms with Gasteiger partial charge in [-0.25, -0.2) is 0 Å². The Bertz CT molecular complexity index is 269. The van der Waals surface area contributed by atoms with Gasteiger partial charge in [0.15, 0.2) is 0 Å². The van der Waals surface area contributed by atoms with Crippen LogP contribution >= 0.6 is 0 Å². The number of likely N-dealkylation sites (N-methyl/N-ethyl adjacent to an activating group) is 1. The second kappa shape index (κ2) is 8.97. The molecule has 116 valence electrons. The smallest absolute Gasteiger partial charge is 0.113 e. The Kier molecular flexibility index (Phi) is 8.02. The van der Waals surface area contributed by atoms with Crippen molar-refractivity contribution >= 4 is 7.85 Å². The average Bonchev–Trinajstić information content (AvgIpc) is 2.70. The van der Waals surface area contributed by atoms with Gasteiger partial charge in [0.2, 0.25) is 0 Å². The minimum Gasteiger partial charge on any atom is -0.382 e. The number of ether oxygens (including phenoxy) is 5. The van der Waals surface area contributed by atoms with Gasteiger partial charge in [-0.2, -0.15) is 0 Å². The van der Waals surface area contributed by atoms with Crippen LogP contribution in [0.25, 0.3) is 0 Å². The molecule has 0 amide bonds. The van der Waals surface area contributed by atoms with Gasteiger partial charge in [0, 0.05) is 33.9 Å². The van der Waals surface area contributed by atoms with E-state index in [0.717, 1.165) is 6.54 Å². The molecular weight excluding hydrogens is 261 g/mol. The molecule has 0 saturated carbocycles. The molecule has 6 nitrogen and oxygen atoms in total. The van der Waals surface area contributed by atoms with Crippen molar-refractivity contribution in [2.24, 2.45) is 0 Å². The highest BCUT2D eigenvalue weighted by Gasteiger charge is 2.43. The standard InChI is InChI=1S/C13H26BNO5/c1-15(2)6-9(17-4)7-19-12-11(18-5)10(8-16-3)20-13(12)14/h9-13H,6-8H2,1-5H3/t9-,10-,11?,12+,13-/m1/s1. The monoisotopic (exact) mass is 287 g/mol. The van der Waals surface area contributed by atoms with Gasteiger partial charge in [0.1, 0.15) is 26.2 Å². The van der Waals surface area contributed by atoms with Crippen LogP contribution in [0.5, 0.6) is 0 Å². The lowest BCUT2D eigenvalue weighted by atomic mass is 9.92. The fraction of sp³-hybridized carbons (Fsp3) is 1.00. The van der Waals surface area contributed by atoms with Crippen molar-refractivity contribution < 1.29 is 23.7 Å². The van der Waals surface area contributed by atoms with Crippen molar-refractivity contribution in [2.45, 2.75) is 30.4 Å². The zero-order valence-corrected chi connectivity index (χ0v) is 13.1. The molecule has 1 aliphatic rings. The van der Waals surface area contributed by atoms with Gasteiger partial charge in [-0.3, -0.25) is 0 Å².